The van der Waals surface area contributed by atoms with Crippen molar-refractivity contribution in [3.63, 3.8) is 0 Å². The van der Waals surface area contributed by atoms with Gasteiger partial charge in [-0.3, -0.25) is 14.6 Å². The Bertz CT molecular complexity index is 1150. The van der Waals surface area contributed by atoms with Crippen molar-refractivity contribution in [3.8, 4) is 11.5 Å². The van der Waals surface area contributed by atoms with Crippen LogP contribution in [0, 0.1) is 0 Å². The molecule has 31 heavy (non-hydrogen) atoms. The van der Waals surface area contributed by atoms with Crippen molar-refractivity contribution in [2.45, 2.75) is 6.18 Å². The zero-order chi connectivity index (χ0) is 22.0. The van der Waals surface area contributed by atoms with Gasteiger partial charge >= 0.3 is 6.18 Å². The molecule has 1 aliphatic rings. The van der Waals surface area contributed by atoms with Crippen molar-refractivity contribution in [1.29, 1.82) is 0 Å². The fourth-order valence-electron chi connectivity index (χ4n) is 2.81. The van der Waals surface area contributed by atoms with Gasteiger partial charge in [0.2, 0.25) is 6.79 Å². The van der Waals surface area contributed by atoms with Gasteiger partial charge in [0.1, 0.15) is 5.69 Å². The maximum Gasteiger partial charge on any atom is 0.433 e. The number of carbonyl (C=O) groups excluding carboxylic acids is 2. The monoisotopic (exact) mass is 429 g/mol. The van der Waals surface area contributed by atoms with Crippen LogP contribution in [-0.4, -0.2) is 23.6 Å². The van der Waals surface area contributed by atoms with E-state index in [1.165, 1.54) is 6.07 Å². The Hall–Kier alpha value is -4.08. The molecule has 3 aromatic rings. The van der Waals surface area contributed by atoms with Gasteiger partial charge in [-0.15, -0.1) is 0 Å². The molecule has 1 aliphatic heterocycles. The van der Waals surface area contributed by atoms with E-state index in [-0.39, 0.29) is 12.4 Å². The quantitative estimate of drug-likeness (QED) is 0.644. The Morgan fingerprint density at radius 3 is 2.13 bits per heavy atom. The lowest BCUT2D eigenvalue weighted by Crippen LogP contribution is -2.15. The van der Waals surface area contributed by atoms with E-state index in [1.54, 1.807) is 36.4 Å². The van der Waals surface area contributed by atoms with Crippen LogP contribution in [0.2, 0.25) is 0 Å². The molecule has 10 heteroatoms. The molecule has 0 atom stereocenters. The number of rotatable bonds is 4. The Morgan fingerprint density at radius 2 is 1.48 bits per heavy atom. The average molecular weight is 429 g/mol. The summed E-state index contributed by atoms with van der Waals surface area (Å²) in [7, 11) is 0. The first-order chi connectivity index (χ1) is 14.8. The summed E-state index contributed by atoms with van der Waals surface area (Å²) in [4.78, 5) is 28.0. The minimum Gasteiger partial charge on any atom is -0.454 e. The van der Waals surface area contributed by atoms with Gasteiger partial charge in [-0.25, -0.2) is 0 Å². The second-order valence-electron chi connectivity index (χ2n) is 6.49. The molecule has 0 aliphatic carbocycles. The third-order valence-electron chi connectivity index (χ3n) is 4.33. The highest BCUT2D eigenvalue weighted by Gasteiger charge is 2.32. The van der Waals surface area contributed by atoms with Gasteiger partial charge in [0.15, 0.2) is 11.5 Å². The predicted octanol–water partition coefficient (Wildman–Crippen LogP) is 4.33. The third kappa shape index (κ3) is 4.58. The van der Waals surface area contributed by atoms with Gasteiger partial charge in [-0.05, 0) is 48.5 Å². The third-order valence-corrected chi connectivity index (χ3v) is 4.33. The van der Waals surface area contributed by atoms with E-state index in [0.717, 1.165) is 18.3 Å². The number of halogens is 3. The Kier molecular flexibility index (Phi) is 5.20. The lowest BCUT2D eigenvalue weighted by atomic mass is 10.1. The standard InChI is InChI=1S/C21H14F3N3O4/c22-21(23,24)18-7-5-13(10-25-18)20(29)27-15-3-1-2-14(9-15)26-19(28)12-4-6-16-17(8-12)31-11-30-16/h1-10H,11H2,(H,26,28)(H,27,29). The van der Waals surface area contributed by atoms with Crippen molar-refractivity contribution in [2.24, 2.45) is 0 Å². The number of nitrogens with zero attached hydrogens (tertiary/aromatic N) is 1. The number of nitrogens with one attached hydrogen (secondary N) is 2. The first-order valence-electron chi connectivity index (χ1n) is 8.95. The van der Waals surface area contributed by atoms with E-state index < -0.39 is 23.7 Å². The normalized spacial score (nSPS) is 12.4. The number of pyridine rings is 1. The second kappa shape index (κ2) is 7.98. The van der Waals surface area contributed by atoms with E-state index >= 15 is 0 Å². The highest BCUT2D eigenvalue weighted by atomic mass is 19.4. The molecule has 2 aromatic carbocycles. The van der Waals surface area contributed by atoms with Crippen LogP contribution in [-0.2, 0) is 6.18 Å². The SMILES string of the molecule is O=C(Nc1cccc(NC(=O)c2ccc3c(c2)OCO3)c1)c1ccc(C(F)(F)F)nc1. The molecule has 0 fully saturated rings. The lowest BCUT2D eigenvalue weighted by molar-refractivity contribution is -0.141. The lowest BCUT2D eigenvalue weighted by Gasteiger charge is -2.10. The maximum atomic E-state index is 12.6. The Balaban J connectivity index is 1.43. The number of aromatic nitrogens is 1. The number of alkyl halides is 3. The summed E-state index contributed by atoms with van der Waals surface area (Å²) in [6.45, 7) is 0.0939. The van der Waals surface area contributed by atoms with Crippen LogP contribution < -0.4 is 20.1 Å². The summed E-state index contributed by atoms with van der Waals surface area (Å²) in [5.74, 6) is -0.00739. The zero-order valence-corrected chi connectivity index (χ0v) is 15.7. The molecule has 2 heterocycles. The van der Waals surface area contributed by atoms with Crippen LogP contribution in [0.3, 0.4) is 0 Å². The highest BCUT2D eigenvalue weighted by molar-refractivity contribution is 6.06. The molecule has 0 unspecified atom stereocenters. The van der Waals surface area contributed by atoms with E-state index in [0.29, 0.717) is 28.4 Å². The molecule has 0 radical (unpaired) electrons. The number of anilines is 2. The van der Waals surface area contributed by atoms with Crippen LogP contribution in [0.15, 0.2) is 60.8 Å². The molecule has 0 saturated carbocycles. The smallest absolute Gasteiger partial charge is 0.433 e. The first kappa shape index (κ1) is 20.2. The summed E-state index contributed by atoms with van der Waals surface area (Å²) in [5.41, 5.74) is -0.0195. The number of amides is 2. The molecule has 0 saturated heterocycles. The van der Waals surface area contributed by atoms with Crippen LogP contribution in [0.4, 0.5) is 24.5 Å². The summed E-state index contributed by atoms with van der Waals surface area (Å²) in [6.07, 6.45) is -3.73. The number of hydrogen-bond donors (Lipinski definition) is 2. The molecule has 4 rings (SSSR count). The number of fused-ring (bicyclic) bond motifs is 1. The Morgan fingerprint density at radius 1 is 0.839 bits per heavy atom. The predicted molar refractivity (Wildman–Crippen MR) is 104 cm³/mol. The largest absolute Gasteiger partial charge is 0.454 e. The van der Waals surface area contributed by atoms with Gasteiger partial charge in [0, 0.05) is 23.1 Å². The highest BCUT2D eigenvalue weighted by Crippen LogP contribution is 2.32. The van der Waals surface area contributed by atoms with Gasteiger partial charge in [-0.1, -0.05) is 6.07 Å². The van der Waals surface area contributed by atoms with E-state index in [9.17, 15) is 22.8 Å². The second-order valence-corrected chi connectivity index (χ2v) is 6.49. The number of carbonyl (C=O) groups is 2. The molecule has 0 bridgehead atoms. The van der Waals surface area contributed by atoms with Crippen LogP contribution >= 0.6 is 0 Å². The fraction of sp³-hybridized carbons (Fsp3) is 0.0952. The van der Waals surface area contributed by atoms with Crippen molar-refractivity contribution in [2.75, 3.05) is 17.4 Å². The van der Waals surface area contributed by atoms with Crippen LogP contribution in [0.5, 0.6) is 11.5 Å². The maximum absolute atomic E-state index is 12.6. The summed E-state index contributed by atoms with van der Waals surface area (Å²) in [5, 5.41) is 5.26. The summed E-state index contributed by atoms with van der Waals surface area (Å²) >= 11 is 0. The van der Waals surface area contributed by atoms with Gasteiger partial charge in [0.05, 0.1) is 5.56 Å². The number of hydrogen-bond acceptors (Lipinski definition) is 5. The first-order valence-corrected chi connectivity index (χ1v) is 8.95. The van der Waals surface area contributed by atoms with Crippen molar-refractivity contribution in [3.05, 3.63) is 77.6 Å². The van der Waals surface area contributed by atoms with Crippen LogP contribution in [0.1, 0.15) is 26.4 Å². The number of ether oxygens (including phenoxy) is 2. The molecule has 7 nitrogen and oxygen atoms in total. The average Bonchev–Trinajstić information content (AvgIpc) is 3.21. The molecular weight excluding hydrogens is 415 g/mol. The molecule has 2 amide bonds. The Labute approximate surface area is 173 Å². The molecule has 2 N–H and O–H groups in total. The minimum absolute atomic E-state index is 0.0391. The molecule has 158 valence electrons. The van der Waals surface area contributed by atoms with Crippen molar-refractivity contribution in [1.82, 2.24) is 4.98 Å². The molecule has 0 spiro atoms. The van der Waals surface area contributed by atoms with Gasteiger partial charge in [-0.2, -0.15) is 13.2 Å². The van der Waals surface area contributed by atoms with Crippen LogP contribution in [0.25, 0.3) is 0 Å². The number of benzene rings is 2. The van der Waals surface area contributed by atoms with Crippen molar-refractivity contribution >= 4 is 23.2 Å². The fourth-order valence-corrected chi connectivity index (χ4v) is 2.81. The van der Waals surface area contributed by atoms with E-state index in [4.69, 9.17) is 9.47 Å². The zero-order valence-electron chi connectivity index (χ0n) is 15.7. The minimum atomic E-state index is -4.58. The van der Waals surface area contributed by atoms with E-state index in [2.05, 4.69) is 15.6 Å². The van der Waals surface area contributed by atoms with Gasteiger partial charge < -0.3 is 20.1 Å². The molecular formula is C21H14F3N3O4. The van der Waals surface area contributed by atoms with E-state index in [1.807, 2.05) is 0 Å². The summed E-state index contributed by atoms with van der Waals surface area (Å²) in [6, 6.07) is 12.9. The molecule has 1 aromatic heterocycles. The van der Waals surface area contributed by atoms with Gasteiger partial charge in [0.25, 0.3) is 11.8 Å². The van der Waals surface area contributed by atoms with Crippen molar-refractivity contribution < 1.29 is 32.2 Å². The topological polar surface area (TPSA) is 89.6 Å². The summed E-state index contributed by atoms with van der Waals surface area (Å²) < 4.78 is 48.2.